The summed E-state index contributed by atoms with van der Waals surface area (Å²) in [6.07, 6.45) is 3.72. The lowest BCUT2D eigenvalue weighted by molar-refractivity contribution is 0.240. The second-order valence-electron chi connectivity index (χ2n) is 3.20. The Morgan fingerprint density at radius 2 is 1.93 bits per heavy atom. The summed E-state index contributed by atoms with van der Waals surface area (Å²) in [7, 11) is 0. The maximum Gasteiger partial charge on any atom is 0.314 e. The lowest BCUT2D eigenvalue weighted by Crippen LogP contribution is -2.36. The smallest absolute Gasteiger partial charge is 0.314 e. The van der Waals surface area contributed by atoms with Gasteiger partial charge in [0.2, 0.25) is 0 Å². The first-order chi connectivity index (χ1) is 7.31. The average molecular weight is 213 g/mol. The number of carbonyl (C=O) groups excluding carboxylic acids is 1. The predicted molar refractivity (Wildman–Crippen MR) is 59.6 cm³/mol. The Bertz CT molecular complexity index is 213. The molecular formula is C9H19N5O. The van der Waals surface area contributed by atoms with Crippen molar-refractivity contribution in [1.29, 1.82) is 0 Å². The summed E-state index contributed by atoms with van der Waals surface area (Å²) in [5, 5.41) is 8.89. The Balaban J connectivity index is 3.20. The van der Waals surface area contributed by atoms with Crippen LogP contribution < -0.4 is 10.6 Å². The fourth-order valence-corrected chi connectivity index (χ4v) is 0.995. The van der Waals surface area contributed by atoms with Gasteiger partial charge in [-0.15, -0.1) is 0 Å². The van der Waals surface area contributed by atoms with Gasteiger partial charge in [0.15, 0.2) is 0 Å². The van der Waals surface area contributed by atoms with Crippen LogP contribution in [0.5, 0.6) is 0 Å². The molecule has 86 valence electrons. The standard InChI is InChI=1S/C9H19N5O/c1-2-3-6-11-9(15)12-7-4-5-8-13-14-10/h2-8H2,1H3,(H2,11,12,15). The largest absolute Gasteiger partial charge is 0.338 e. The van der Waals surface area contributed by atoms with Gasteiger partial charge < -0.3 is 10.6 Å². The zero-order valence-electron chi connectivity index (χ0n) is 9.20. The van der Waals surface area contributed by atoms with Crippen molar-refractivity contribution in [1.82, 2.24) is 10.6 Å². The van der Waals surface area contributed by atoms with E-state index < -0.39 is 0 Å². The highest BCUT2D eigenvalue weighted by Crippen LogP contribution is 1.88. The van der Waals surface area contributed by atoms with Gasteiger partial charge in [0.25, 0.3) is 0 Å². The molecule has 0 saturated carbocycles. The number of amides is 2. The third-order valence-electron chi connectivity index (χ3n) is 1.85. The molecule has 15 heavy (non-hydrogen) atoms. The number of nitrogens with one attached hydrogen (secondary N) is 2. The number of carbonyl (C=O) groups is 1. The highest BCUT2D eigenvalue weighted by Gasteiger charge is 1.96. The molecule has 0 aliphatic rings. The highest BCUT2D eigenvalue weighted by atomic mass is 16.2. The van der Waals surface area contributed by atoms with Crippen molar-refractivity contribution in [3.63, 3.8) is 0 Å². The number of rotatable bonds is 8. The molecule has 0 aliphatic heterocycles. The van der Waals surface area contributed by atoms with Crippen molar-refractivity contribution in [2.45, 2.75) is 32.6 Å². The quantitative estimate of drug-likeness (QED) is 0.275. The van der Waals surface area contributed by atoms with E-state index in [2.05, 4.69) is 27.6 Å². The molecule has 0 aliphatic carbocycles. The normalized spacial score (nSPS) is 9.13. The number of urea groups is 1. The van der Waals surface area contributed by atoms with Crippen molar-refractivity contribution < 1.29 is 4.79 Å². The molecule has 0 spiro atoms. The maximum atomic E-state index is 11.1. The molecule has 0 atom stereocenters. The van der Waals surface area contributed by atoms with Crippen LogP contribution in [0.4, 0.5) is 4.79 Å². The van der Waals surface area contributed by atoms with Gasteiger partial charge in [0.1, 0.15) is 0 Å². The first-order valence-electron chi connectivity index (χ1n) is 5.33. The van der Waals surface area contributed by atoms with Crippen molar-refractivity contribution in [3.8, 4) is 0 Å². The van der Waals surface area contributed by atoms with E-state index in [0.29, 0.717) is 13.1 Å². The Morgan fingerprint density at radius 1 is 1.27 bits per heavy atom. The van der Waals surface area contributed by atoms with Crippen LogP contribution in [0.2, 0.25) is 0 Å². The van der Waals surface area contributed by atoms with E-state index in [-0.39, 0.29) is 6.03 Å². The van der Waals surface area contributed by atoms with Crippen LogP contribution in [-0.2, 0) is 0 Å². The number of hydrogen-bond donors (Lipinski definition) is 2. The van der Waals surface area contributed by atoms with E-state index >= 15 is 0 Å². The van der Waals surface area contributed by atoms with E-state index in [4.69, 9.17) is 5.53 Å². The number of azide groups is 1. The molecule has 0 saturated heterocycles. The van der Waals surface area contributed by atoms with Gasteiger partial charge in [-0.25, -0.2) is 4.79 Å². The van der Waals surface area contributed by atoms with Crippen molar-refractivity contribution in [3.05, 3.63) is 10.4 Å². The van der Waals surface area contributed by atoms with E-state index in [1.807, 2.05) is 0 Å². The number of hydrogen-bond acceptors (Lipinski definition) is 2. The summed E-state index contributed by atoms with van der Waals surface area (Å²) < 4.78 is 0. The summed E-state index contributed by atoms with van der Waals surface area (Å²) in [5.41, 5.74) is 8.01. The maximum absolute atomic E-state index is 11.1. The first-order valence-corrected chi connectivity index (χ1v) is 5.33. The van der Waals surface area contributed by atoms with Crippen molar-refractivity contribution in [2.75, 3.05) is 19.6 Å². The second-order valence-corrected chi connectivity index (χ2v) is 3.20. The summed E-state index contributed by atoms with van der Waals surface area (Å²) in [5.74, 6) is 0. The average Bonchev–Trinajstić information content (AvgIpc) is 2.23. The minimum absolute atomic E-state index is 0.118. The van der Waals surface area contributed by atoms with Crippen LogP contribution in [0, 0.1) is 0 Å². The summed E-state index contributed by atoms with van der Waals surface area (Å²) in [6.45, 7) is 3.92. The van der Waals surface area contributed by atoms with Gasteiger partial charge in [-0.2, -0.15) is 0 Å². The lowest BCUT2D eigenvalue weighted by atomic mass is 10.3. The van der Waals surface area contributed by atoms with Gasteiger partial charge in [-0.05, 0) is 24.8 Å². The van der Waals surface area contributed by atoms with E-state index in [9.17, 15) is 4.79 Å². The molecule has 0 unspecified atom stereocenters. The predicted octanol–water partition coefficient (Wildman–Crippen LogP) is 2.18. The van der Waals surface area contributed by atoms with Crippen molar-refractivity contribution >= 4 is 6.03 Å². The van der Waals surface area contributed by atoms with Crippen LogP contribution in [0.25, 0.3) is 10.4 Å². The molecule has 6 nitrogen and oxygen atoms in total. The fourth-order valence-electron chi connectivity index (χ4n) is 0.995. The van der Waals surface area contributed by atoms with Crippen LogP contribution in [-0.4, -0.2) is 25.7 Å². The molecule has 0 bridgehead atoms. The van der Waals surface area contributed by atoms with Crippen molar-refractivity contribution in [2.24, 2.45) is 5.11 Å². The second kappa shape index (κ2) is 10.7. The molecule has 2 N–H and O–H groups in total. The molecule has 0 rings (SSSR count). The third kappa shape index (κ3) is 10.5. The fraction of sp³-hybridized carbons (Fsp3) is 0.889. The molecule has 6 heteroatoms. The Morgan fingerprint density at radius 3 is 2.53 bits per heavy atom. The molecular weight excluding hydrogens is 194 g/mol. The van der Waals surface area contributed by atoms with E-state index in [0.717, 1.165) is 32.2 Å². The lowest BCUT2D eigenvalue weighted by Gasteiger charge is -2.05. The zero-order valence-corrected chi connectivity index (χ0v) is 9.20. The molecule has 0 heterocycles. The van der Waals surface area contributed by atoms with Crippen LogP contribution >= 0.6 is 0 Å². The summed E-state index contributed by atoms with van der Waals surface area (Å²) >= 11 is 0. The zero-order chi connectivity index (χ0) is 11.4. The Hall–Kier alpha value is -1.42. The molecule has 2 amide bonds. The van der Waals surface area contributed by atoms with E-state index in [1.54, 1.807) is 0 Å². The summed E-state index contributed by atoms with van der Waals surface area (Å²) in [4.78, 5) is 13.7. The third-order valence-corrected chi connectivity index (χ3v) is 1.85. The molecule has 0 aromatic carbocycles. The number of unbranched alkanes of at least 4 members (excludes halogenated alkanes) is 2. The van der Waals surface area contributed by atoms with Crippen LogP contribution in [0.15, 0.2) is 5.11 Å². The van der Waals surface area contributed by atoms with Crippen LogP contribution in [0.3, 0.4) is 0 Å². The van der Waals surface area contributed by atoms with Gasteiger partial charge in [0, 0.05) is 24.5 Å². The highest BCUT2D eigenvalue weighted by molar-refractivity contribution is 5.73. The molecule has 0 radical (unpaired) electrons. The first kappa shape index (κ1) is 13.6. The molecule has 0 aromatic rings. The Kier molecular flexibility index (Phi) is 9.65. The minimum Gasteiger partial charge on any atom is -0.338 e. The van der Waals surface area contributed by atoms with Gasteiger partial charge in [-0.3, -0.25) is 0 Å². The topological polar surface area (TPSA) is 89.9 Å². The van der Waals surface area contributed by atoms with Gasteiger partial charge in [-0.1, -0.05) is 18.5 Å². The molecule has 0 aromatic heterocycles. The monoisotopic (exact) mass is 213 g/mol. The SMILES string of the molecule is CCCCNC(=O)NCCCCN=[N+]=[N-]. The molecule has 0 fully saturated rings. The van der Waals surface area contributed by atoms with Gasteiger partial charge >= 0.3 is 6.03 Å². The van der Waals surface area contributed by atoms with E-state index in [1.165, 1.54) is 0 Å². The van der Waals surface area contributed by atoms with Crippen LogP contribution in [0.1, 0.15) is 32.6 Å². The number of nitrogens with zero attached hydrogens (tertiary/aromatic N) is 3. The minimum atomic E-state index is -0.118. The Labute approximate surface area is 90.1 Å². The summed E-state index contributed by atoms with van der Waals surface area (Å²) in [6, 6.07) is -0.118. The van der Waals surface area contributed by atoms with Gasteiger partial charge in [0.05, 0.1) is 0 Å².